The molecule has 1 aliphatic carbocycles. The maximum Gasteiger partial charge on any atom is 0.237 e. The predicted molar refractivity (Wildman–Crippen MR) is 96.0 cm³/mol. The van der Waals surface area contributed by atoms with Crippen molar-refractivity contribution in [3.63, 3.8) is 0 Å². The molecule has 0 spiro atoms. The van der Waals surface area contributed by atoms with Gasteiger partial charge >= 0.3 is 0 Å². The highest BCUT2D eigenvalue weighted by molar-refractivity contribution is 6.09. The number of fused-ring (bicyclic) bond motifs is 1. The Hall–Kier alpha value is -1.84. The summed E-state index contributed by atoms with van der Waals surface area (Å²) in [6.07, 6.45) is 6.45. The van der Waals surface area contributed by atoms with E-state index < -0.39 is 5.41 Å². The van der Waals surface area contributed by atoms with Gasteiger partial charge in [-0.2, -0.15) is 0 Å². The number of hydrogen-bond acceptors (Lipinski definition) is 2. The van der Waals surface area contributed by atoms with Gasteiger partial charge in [0.05, 0.1) is 5.41 Å². The first kappa shape index (κ1) is 17.0. The zero-order valence-electron chi connectivity index (χ0n) is 15.0. The summed E-state index contributed by atoms with van der Waals surface area (Å²) in [4.78, 5) is 27.1. The summed E-state index contributed by atoms with van der Waals surface area (Å²) >= 11 is 0. The first-order valence-corrected chi connectivity index (χ1v) is 9.10. The predicted octanol–water partition coefficient (Wildman–Crippen LogP) is 3.40. The zero-order chi connectivity index (χ0) is 17.3. The molecule has 1 N–H and O–H groups in total. The smallest absolute Gasteiger partial charge is 0.237 e. The van der Waals surface area contributed by atoms with Crippen LogP contribution in [0.4, 0.5) is 5.69 Å². The van der Waals surface area contributed by atoms with Gasteiger partial charge in [-0.1, -0.05) is 37.5 Å². The molecule has 0 radical (unpaired) electrons. The Balaban J connectivity index is 1.70. The Morgan fingerprint density at radius 1 is 1.29 bits per heavy atom. The molecule has 0 bridgehead atoms. The molecule has 1 heterocycles. The minimum absolute atomic E-state index is 0.00386. The molecule has 1 aliphatic heterocycles. The highest BCUT2D eigenvalue weighted by atomic mass is 16.2. The van der Waals surface area contributed by atoms with Gasteiger partial charge in [0.25, 0.3) is 0 Å². The number of nitrogens with zero attached hydrogens (tertiary/aromatic N) is 1. The fraction of sp³-hybridized carbons (Fsp3) is 0.600. The van der Waals surface area contributed by atoms with E-state index in [0.717, 1.165) is 11.3 Å². The van der Waals surface area contributed by atoms with Gasteiger partial charge in [0.15, 0.2) is 0 Å². The summed E-state index contributed by atoms with van der Waals surface area (Å²) in [5, 5.41) is 3.16. The van der Waals surface area contributed by atoms with Gasteiger partial charge in [-0.05, 0) is 44.2 Å². The molecule has 2 aliphatic rings. The van der Waals surface area contributed by atoms with Crippen molar-refractivity contribution in [2.24, 2.45) is 5.92 Å². The maximum absolute atomic E-state index is 12.8. The van der Waals surface area contributed by atoms with Crippen LogP contribution in [0, 0.1) is 5.92 Å². The average Bonchev–Trinajstić information content (AvgIpc) is 2.78. The molecule has 24 heavy (non-hydrogen) atoms. The molecule has 2 amide bonds. The van der Waals surface area contributed by atoms with E-state index in [0.29, 0.717) is 5.92 Å². The van der Waals surface area contributed by atoms with Crippen molar-refractivity contribution in [2.45, 2.75) is 63.8 Å². The third-order valence-corrected chi connectivity index (χ3v) is 5.90. The lowest BCUT2D eigenvalue weighted by molar-refractivity contribution is -0.129. The summed E-state index contributed by atoms with van der Waals surface area (Å²) in [7, 11) is 1.79. The maximum atomic E-state index is 12.8. The quantitative estimate of drug-likeness (QED) is 0.921. The van der Waals surface area contributed by atoms with Gasteiger partial charge in [-0.15, -0.1) is 0 Å². The number of anilines is 1. The minimum atomic E-state index is -0.762. The van der Waals surface area contributed by atoms with Crippen molar-refractivity contribution >= 4 is 17.5 Å². The van der Waals surface area contributed by atoms with E-state index in [1.165, 1.54) is 32.1 Å². The number of hydrogen-bond donors (Lipinski definition) is 1. The molecule has 1 aromatic carbocycles. The number of benzene rings is 1. The zero-order valence-corrected chi connectivity index (χ0v) is 15.0. The third-order valence-electron chi connectivity index (χ3n) is 5.90. The molecule has 1 fully saturated rings. The normalized spacial score (nSPS) is 25.5. The van der Waals surface area contributed by atoms with E-state index in [4.69, 9.17) is 0 Å². The molecular weight excluding hydrogens is 300 g/mol. The van der Waals surface area contributed by atoms with Crippen molar-refractivity contribution in [3.05, 3.63) is 29.8 Å². The third kappa shape index (κ3) is 2.94. The van der Waals surface area contributed by atoms with Crippen LogP contribution >= 0.6 is 0 Å². The van der Waals surface area contributed by atoms with Gasteiger partial charge in [0.1, 0.15) is 0 Å². The lowest BCUT2D eigenvalue weighted by Gasteiger charge is -2.30. The summed E-state index contributed by atoms with van der Waals surface area (Å²) in [5.74, 6) is 0.558. The molecular formula is C20H28N2O2. The molecule has 1 saturated carbocycles. The van der Waals surface area contributed by atoms with E-state index in [2.05, 4.69) is 12.2 Å². The van der Waals surface area contributed by atoms with Gasteiger partial charge in [0, 0.05) is 25.2 Å². The van der Waals surface area contributed by atoms with Crippen LogP contribution < -0.4 is 10.2 Å². The highest BCUT2D eigenvalue weighted by Gasteiger charge is 2.47. The molecule has 1 aromatic rings. The van der Waals surface area contributed by atoms with Crippen LogP contribution in [0.1, 0.15) is 57.9 Å². The van der Waals surface area contributed by atoms with Crippen LogP contribution in [-0.2, 0) is 15.0 Å². The molecule has 4 nitrogen and oxygen atoms in total. The van der Waals surface area contributed by atoms with E-state index in [-0.39, 0.29) is 24.3 Å². The molecule has 3 rings (SSSR count). The molecule has 0 aromatic heterocycles. The van der Waals surface area contributed by atoms with E-state index >= 15 is 0 Å². The molecule has 0 unspecified atom stereocenters. The summed E-state index contributed by atoms with van der Waals surface area (Å²) in [5.41, 5.74) is 1.11. The van der Waals surface area contributed by atoms with Crippen molar-refractivity contribution in [1.29, 1.82) is 0 Å². The summed E-state index contributed by atoms with van der Waals surface area (Å²) in [6.45, 7) is 4.00. The van der Waals surface area contributed by atoms with Crippen LogP contribution in [-0.4, -0.2) is 24.9 Å². The Labute approximate surface area is 144 Å². The molecule has 130 valence electrons. The standard InChI is InChI=1S/C20H28N2O2/c1-14(15-9-5-4-6-10-15)21-18(23)13-20(2)16-11-7-8-12-17(16)22(3)19(20)24/h7-8,11-12,14-15H,4-6,9-10,13H2,1-3H3,(H,21,23)/t14-,20-/m1/s1. The number of amides is 2. The van der Waals surface area contributed by atoms with Gasteiger partial charge < -0.3 is 10.2 Å². The lowest BCUT2D eigenvalue weighted by atomic mass is 9.80. The Bertz CT molecular complexity index is 636. The first-order valence-electron chi connectivity index (χ1n) is 9.10. The van der Waals surface area contributed by atoms with Crippen molar-refractivity contribution in [2.75, 3.05) is 11.9 Å². The van der Waals surface area contributed by atoms with Crippen LogP contribution in [0.25, 0.3) is 0 Å². The SMILES string of the molecule is C[C@@H](NC(=O)C[C@@]1(C)C(=O)N(C)c2ccccc21)C1CCCCC1. The molecule has 0 saturated heterocycles. The van der Waals surface area contributed by atoms with E-state index in [1.54, 1.807) is 11.9 Å². The lowest BCUT2D eigenvalue weighted by Crippen LogP contribution is -2.44. The second kappa shape index (κ2) is 6.58. The Morgan fingerprint density at radius 3 is 2.67 bits per heavy atom. The second-order valence-electron chi connectivity index (χ2n) is 7.64. The fourth-order valence-corrected chi connectivity index (χ4v) is 4.38. The topological polar surface area (TPSA) is 49.4 Å². The van der Waals surface area contributed by atoms with Crippen molar-refractivity contribution < 1.29 is 9.59 Å². The highest BCUT2D eigenvalue weighted by Crippen LogP contribution is 2.43. The number of likely N-dealkylation sites (N-methyl/N-ethyl adjacent to an activating group) is 1. The van der Waals surface area contributed by atoms with Crippen LogP contribution in [0.2, 0.25) is 0 Å². The van der Waals surface area contributed by atoms with Gasteiger partial charge in [0.2, 0.25) is 11.8 Å². The largest absolute Gasteiger partial charge is 0.353 e. The summed E-state index contributed by atoms with van der Waals surface area (Å²) in [6, 6.07) is 7.97. The molecule has 2 atom stereocenters. The number of carbonyl (C=O) groups is 2. The number of carbonyl (C=O) groups excluding carboxylic acids is 2. The van der Waals surface area contributed by atoms with Crippen LogP contribution in [0.3, 0.4) is 0 Å². The molecule has 4 heteroatoms. The van der Waals surface area contributed by atoms with Crippen molar-refractivity contribution in [3.8, 4) is 0 Å². The van der Waals surface area contributed by atoms with Crippen LogP contribution in [0.5, 0.6) is 0 Å². The monoisotopic (exact) mass is 328 g/mol. The van der Waals surface area contributed by atoms with E-state index in [1.807, 2.05) is 31.2 Å². The first-order chi connectivity index (χ1) is 11.4. The minimum Gasteiger partial charge on any atom is -0.353 e. The van der Waals surface area contributed by atoms with E-state index in [9.17, 15) is 9.59 Å². The summed E-state index contributed by atoms with van der Waals surface area (Å²) < 4.78 is 0. The Kier molecular flexibility index (Phi) is 4.66. The number of rotatable bonds is 4. The van der Waals surface area contributed by atoms with Crippen molar-refractivity contribution in [1.82, 2.24) is 5.32 Å². The number of para-hydroxylation sites is 1. The average molecular weight is 328 g/mol. The van der Waals surface area contributed by atoms with Crippen LogP contribution in [0.15, 0.2) is 24.3 Å². The fourth-order valence-electron chi connectivity index (χ4n) is 4.38. The Morgan fingerprint density at radius 2 is 1.96 bits per heavy atom. The van der Waals surface area contributed by atoms with Gasteiger partial charge in [-0.25, -0.2) is 0 Å². The number of nitrogens with one attached hydrogen (secondary N) is 1. The second-order valence-corrected chi connectivity index (χ2v) is 7.64. The van der Waals surface area contributed by atoms with Gasteiger partial charge in [-0.3, -0.25) is 9.59 Å².